The van der Waals surface area contributed by atoms with Crippen molar-refractivity contribution in [1.82, 2.24) is 5.16 Å². The summed E-state index contributed by atoms with van der Waals surface area (Å²) in [7, 11) is 0. The van der Waals surface area contributed by atoms with Crippen LogP contribution in [-0.4, -0.2) is 21.2 Å². The molecule has 8 nitrogen and oxygen atoms in total. The molecule has 0 aliphatic heterocycles. The van der Waals surface area contributed by atoms with Gasteiger partial charge in [0.25, 0.3) is 0 Å². The zero-order valence-electron chi connectivity index (χ0n) is 8.54. The predicted octanol–water partition coefficient (Wildman–Crippen LogP) is 1.85. The summed E-state index contributed by atoms with van der Waals surface area (Å²) in [6.07, 6.45) is 0. The minimum Gasteiger partial charge on any atom is -0.477 e. The van der Waals surface area contributed by atoms with E-state index in [1.807, 2.05) is 0 Å². The van der Waals surface area contributed by atoms with Crippen LogP contribution in [0, 0.1) is 17.0 Å². The molecule has 17 heavy (non-hydrogen) atoms. The van der Waals surface area contributed by atoms with Crippen LogP contribution in [0.4, 0.5) is 5.88 Å². The Balaban J connectivity index is 2.53. The molecule has 0 radical (unpaired) electrons. The van der Waals surface area contributed by atoms with Crippen molar-refractivity contribution >= 4 is 11.9 Å². The number of carboxylic acids is 1. The lowest BCUT2D eigenvalue weighted by Crippen LogP contribution is -1.98. The zero-order chi connectivity index (χ0) is 12.6. The molecular weight excluding hydrogens is 232 g/mol. The summed E-state index contributed by atoms with van der Waals surface area (Å²) in [6.45, 7) is 1.43. The topological polar surface area (TPSA) is 120 Å². The van der Waals surface area contributed by atoms with Gasteiger partial charge in [-0.25, -0.2) is 4.79 Å². The molecule has 0 saturated carbocycles. The lowest BCUT2D eigenvalue weighted by molar-refractivity contribution is -0.401. The molecule has 2 aromatic rings. The first kappa shape index (κ1) is 10.9. The van der Waals surface area contributed by atoms with E-state index in [-0.39, 0.29) is 22.8 Å². The van der Waals surface area contributed by atoms with Crippen molar-refractivity contribution in [3.8, 4) is 11.5 Å². The average molecular weight is 238 g/mol. The smallest absolute Gasteiger partial charge is 0.433 e. The van der Waals surface area contributed by atoms with Crippen LogP contribution in [0.3, 0.4) is 0 Å². The van der Waals surface area contributed by atoms with E-state index in [2.05, 4.69) is 5.16 Å². The molecule has 0 unspecified atom stereocenters. The molecule has 2 heterocycles. The van der Waals surface area contributed by atoms with Crippen molar-refractivity contribution in [2.45, 2.75) is 6.92 Å². The minimum atomic E-state index is -1.24. The SMILES string of the molecule is Cc1onc(-c2ccc([N+](=O)[O-])o2)c1C(=O)O. The minimum absolute atomic E-state index is 0.0223. The molecule has 0 aliphatic carbocycles. The molecule has 1 N–H and O–H groups in total. The number of carbonyl (C=O) groups is 1. The van der Waals surface area contributed by atoms with Gasteiger partial charge in [0, 0.05) is 0 Å². The predicted molar refractivity (Wildman–Crippen MR) is 52.6 cm³/mol. The number of hydrogen-bond donors (Lipinski definition) is 1. The highest BCUT2D eigenvalue weighted by molar-refractivity contribution is 5.95. The molecule has 2 rings (SSSR count). The highest BCUT2D eigenvalue weighted by Crippen LogP contribution is 2.29. The van der Waals surface area contributed by atoms with Gasteiger partial charge in [-0.15, -0.1) is 0 Å². The second kappa shape index (κ2) is 3.74. The van der Waals surface area contributed by atoms with Gasteiger partial charge in [-0.1, -0.05) is 5.16 Å². The van der Waals surface area contributed by atoms with Gasteiger partial charge in [0.1, 0.15) is 16.2 Å². The quantitative estimate of drug-likeness (QED) is 0.639. The van der Waals surface area contributed by atoms with Crippen LogP contribution in [0.5, 0.6) is 0 Å². The number of nitrogens with zero attached hydrogens (tertiary/aromatic N) is 2. The molecule has 0 atom stereocenters. The van der Waals surface area contributed by atoms with Crippen LogP contribution in [0.1, 0.15) is 16.1 Å². The molecule has 0 aliphatic rings. The molecule has 0 aromatic carbocycles. The normalized spacial score (nSPS) is 10.4. The van der Waals surface area contributed by atoms with E-state index in [9.17, 15) is 14.9 Å². The summed E-state index contributed by atoms with van der Waals surface area (Å²) in [4.78, 5) is 20.6. The van der Waals surface area contributed by atoms with Gasteiger partial charge >= 0.3 is 11.9 Å². The van der Waals surface area contributed by atoms with Gasteiger partial charge in [-0.05, 0) is 13.0 Å². The van der Waals surface area contributed by atoms with Crippen molar-refractivity contribution in [2.24, 2.45) is 0 Å². The highest BCUT2D eigenvalue weighted by atomic mass is 16.6. The van der Waals surface area contributed by atoms with Crippen LogP contribution in [0.25, 0.3) is 11.5 Å². The van der Waals surface area contributed by atoms with Crippen LogP contribution >= 0.6 is 0 Å². The van der Waals surface area contributed by atoms with Gasteiger partial charge in [0.15, 0.2) is 11.5 Å². The third-order valence-corrected chi connectivity index (χ3v) is 2.08. The van der Waals surface area contributed by atoms with Crippen LogP contribution in [-0.2, 0) is 0 Å². The monoisotopic (exact) mass is 238 g/mol. The van der Waals surface area contributed by atoms with E-state index in [1.54, 1.807) is 0 Å². The largest absolute Gasteiger partial charge is 0.477 e. The van der Waals surface area contributed by atoms with Gasteiger partial charge in [-0.3, -0.25) is 10.1 Å². The van der Waals surface area contributed by atoms with E-state index in [4.69, 9.17) is 14.0 Å². The summed E-state index contributed by atoms with van der Waals surface area (Å²) in [5, 5.41) is 22.9. The lowest BCUT2D eigenvalue weighted by atomic mass is 10.1. The molecule has 8 heteroatoms. The Kier molecular flexibility index (Phi) is 2.39. The lowest BCUT2D eigenvalue weighted by Gasteiger charge is -1.92. The number of hydrogen-bond acceptors (Lipinski definition) is 6. The maximum absolute atomic E-state index is 10.9. The Labute approximate surface area is 93.6 Å². The summed E-state index contributed by atoms with van der Waals surface area (Å²) in [6, 6.07) is 2.38. The maximum atomic E-state index is 10.9. The third-order valence-electron chi connectivity index (χ3n) is 2.08. The van der Waals surface area contributed by atoms with E-state index in [1.165, 1.54) is 13.0 Å². The van der Waals surface area contributed by atoms with E-state index in [0.717, 1.165) is 6.07 Å². The Hall–Kier alpha value is -2.64. The number of nitro groups is 1. The molecule has 0 fully saturated rings. The third kappa shape index (κ3) is 1.75. The van der Waals surface area contributed by atoms with Crippen LogP contribution in [0.2, 0.25) is 0 Å². The fraction of sp³-hybridized carbons (Fsp3) is 0.111. The van der Waals surface area contributed by atoms with Crippen LogP contribution < -0.4 is 0 Å². The van der Waals surface area contributed by atoms with Crippen molar-refractivity contribution in [1.29, 1.82) is 0 Å². The molecule has 0 amide bonds. The summed E-state index contributed by atoms with van der Waals surface area (Å²) >= 11 is 0. The van der Waals surface area contributed by atoms with Crippen molar-refractivity contribution in [3.63, 3.8) is 0 Å². The van der Waals surface area contributed by atoms with Gasteiger partial charge in [-0.2, -0.15) is 0 Å². The Bertz CT molecular complexity index is 596. The molecule has 2 aromatic heterocycles. The zero-order valence-corrected chi connectivity index (χ0v) is 8.54. The maximum Gasteiger partial charge on any atom is 0.433 e. The number of aromatic nitrogens is 1. The van der Waals surface area contributed by atoms with Crippen molar-refractivity contribution in [3.05, 3.63) is 33.6 Å². The highest BCUT2D eigenvalue weighted by Gasteiger charge is 2.24. The Morgan fingerprint density at radius 1 is 1.53 bits per heavy atom. The van der Waals surface area contributed by atoms with E-state index < -0.39 is 16.8 Å². The van der Waals surface area contributed by atoms with Crippen LogP contribution in [0.15, 0.2) is 21.1 Å². The molecule has 0 spiro atoms. The summed E-state index contributed by atoms with van der Waals surface area (Å²) < 4.78 is 9.57. The average Bonchev–Trinajstić information content (AvgIpc) is 2.82. The van der Waals surface area contributed by atoms with Gasteiger partial charge < -0.3 is 14.0 Å². The number of furan rings is 1. The first-order valence-corrected chi connectivity index (χ1v) is 4.45. The Morgan fingerprint density at radius 3 is 2.76 bits per heavy atom. The second-order valence-corrected chi connectivity index (χ2v) is 3.16. The fourth-order valence-electron chi connectivity index (χ4n) is 1.35. The first-order valence-electron chi connectivity index (χ1n) is 4.45. The standard InChI is InChI=1S/C9H6N2O6/c1-4-7(9(12)13)8(10-17-4)5-2-3-6(16-5)11(14)15/h2-3H,1H3,(H,12,13). The number of aryl methyl sites for hydroxylation is 1. The van der Waals surface area contributed by atoms with Crippen molar-refractivity contribution in [2.75, 3.05) is 0 Å². The molecular formula is C9H6N2O6. The van der Waals surface area contributed by atoms with E-state index >= 15 is 0 Å². The molecule has 88 valence electrons. The molecule has 0 saturated heterocycles. The van der Waals surface area contributed by atoms with Gasteiger partial charge in [0.2, 0.25) is 0 Å². The summed E-state index contributed by atoms with van der Waals surface area (Å²) in [5.41, 5.74) is -0.239. The number of carboxylic acid groups (broad SMARTS) is 1. The molecule has 0 bridgehead atoms. The number of aromatic carboxylic acids is 1. The fourth-order valence-corrected chi connectivity index (χ4v) is 1.35. The van der Waals surface area contributed by atoms with Gasteiger partial charge in [0.05, 0.1) is 6.07 Å². The van der Waals surface area contributed by atoms with Crippen molar-refractivity contribution < 1.29 is 23.8 Å². The number of rotatable bonds is 3. The summed E-state index contributed by atoms with van der Waals surface area (Å²) in [5.74, 6) is -1.65. The first-order chi connectivity index (χ1) is 8.00. The Morgan fingerprint density at radius 2 is 2.24 bits per heavy atom. The van der Waals surface area contributed by atoms with E-state index in [0.29, 0.717) is 0 Å². The second-order valence-electron chi connectivity index (χ2n) is 3.16.